The summed E-state index contributed by atoms with van der Waals surface area (Å²) in [6.45, 7) is 4.43. The van der Waals surface area contributed by atoms with Gasteiger partial charge >= 0.3 is 0 Å². The number of H-pyrrole nitrogens is 1. The number of aromatic amines is 1. The number of halogens is 1. The molecule has 3 aromatic rings. The molecule has 1 N–H and O–H groups in total. The van der Waals surface area contributed by atoms with Crippen molar-refractivity contribution in [3.63, 3.8) is 0 Å². The van der Waals surface area contributed by atoms with Crippen molar-refractivity contribution in [3.8, 4) is 0 Å². The van der Waals surface area contributed by atoms with Crippen LogP contribution in [0.25, 0.3) is 10.9 Å². The fourth-order valence-corrected chi connectivity index (χ4v) is 4.50. The average molecular weight is 326 g/mol. The van der Waals surface area contributed by atoms with E-state index in [0.29, 0.717) is 0 Å². The molecule has 118 valence electrons. The first kappa shape index (κ1) is 14.6. The largest absolute Gasteiger partial charge is 0.370 e. The molecule has 2 nitrogen and oxygen atoms in total. The van der Waals surface area contributed by atoms with E-state index in [1.165, 1.54) is 35.1 Å². The van der Waals surface area contributed by atoms with Gasteiger partial charge in [0, 0.05) is 40.0 Å². The fraction of sp³-hybridized carbons (Fsp3) is 0.263. The predicted octanol–water partition coefficient (Wildman–Crippen LogP) is 5.37. The zero-order valence-electron chi connectivity index (χ0n) is 13.1. The molecule has 2 aromatic carbocycles. The van der Waals surface area contributed by atoms with Gasteiger partial charge in [0.1, 0.15) is 5.82 Å². The topological polar surface area (TPSA) is 19.0 Å². The highest BCUT2D eigenvalue weighted by atomic mass is 32.2. The van der Waals surface area contributed by atoms with E-state index in [2.05, 4.69) is 35.0 Å². The molecule has 0 radical (unpaired) electrons. The van der Waals surface area contributed by atoms with E-state index in [1.807, 2.05) is 6.20 Å². The van der Waals surface area contributed by atoms with Crippen molar-refractivity contribution in [1.82, 2.24) is 4.98 Å². The van der Waals surface area contributed by atoms with E-state index in [9.17, 15) is 4.39 Å². The Kier molecular flexibility index (Phi) is 3.77. The second-order valence-electron chi connectivity index (χ2n) is 6.06. The number of nitrogens with zero attached hydrogens (tertiary/aromatic N) is 1. The molecule has 1 aliphatic heterocycles. The maximum Gasteiger partial charge on any atom is 0.123 e. The van der Waals surface area contributed by atoms with Gasteiger partial charge in [-0.15, -0.1) is 0 Å². The zero-order valence-corrected chi connectivity index (χ0v) is 13.9. The van der Waals surface area contributed by atoms with Crippen LogP contribution in [0.1, 0.15) is 18.4 Å². The van der Waals surface area contributed by atoms with Crippen molar-refractivity contribution >= 4 is 28.4 Å². The standard InChI is InChI=1S/C19H19FN2S/c1-13-5-4-6-17(19(13)22-9-2-3-10-22)23-18-12-21-16-8-7-14(20)11-15(16)18/h4-8,11-12,21H,2-3,9-10H2,1H3. The summed E-state index contributed by atoms with van der Waals surface area (Å²) >= 11 is 1.72. The van der Waals surface area contributed by atoms with Crippen LogP contribution in [0.5, 0.6) is 0 Å². The van der Waals surface area contributed by atoms with Crippen LogP contribution >= 0.6 is 11.8 Å². The minimum Gasteiger partial charge on any atom is -0.370 e. The van der Waals surface area contributed by atoms with Gasteiger partial charge in [0.2, 0.25) is 0 Å². The first-order valence-corrected chi connectivity index (χ1v) is 8.83. The van der Waals surface area contributed by atoms with Crippen LogP contribution in [-0.4, -0.2) is 18.1 Å². The van der Waals surface area contributed by atoms with Crippen molar-refractivity contribution < 1.29 is 4.39 Å². The van der Waals surface area contributed by atoms with Gasteiger partial charge in [-0.3, -0.25) is 0 Å². The fourth-order valence-electron chi connectivity index (χ4n) is 3.33. The lowest BCUT2D eigenvalue weighted by atomic mass is 10.2. The average Bonchev–Trinajstić information content (AvgIpc) is 3.18. The highest BCUT2D eigenvalue weighted by Crippen LogP contribution is 2.41. The minimum atomic E-state index is -0.192. The lowest BCUT2D eigenvalue weighted by Crippen LogP contribution is -2.19. The third-order valence-corrected chi connectivity index (χ3v) is 5.56. The summed E-state index contributed by atoms with van der Waals surface area (Å²) in [7, 11) is 0. The molecule has 0 atom stereocenters. The summed E-state index contributed by atoms with van der Waals surface area (Å²) in [6, 6.07) is 11.4. The van der Waals surface area contributed by atoms with Gasteiger partial charge in [-0.05, 0) is 49.6 Å². The van der Waals surface area contributed by atoms with Crippen molar-refractivity contribution in [2.24, 2.45) is 0 Å². The molecule has 1 aromatic heterocycles. The van der Waals surface area contributed by atoms with E-state index in [1.54, 1.807) is 23.9 Å². The third kappa shape index (κ3) is 2.72. The van der Waals surface area contributed by atoms with Gasteiger partial charge in [0.25, 0.3) is 0 Å². The zero-order chi connectivity index (χ0) is 15.8. The number of aromatic nitrogens is 1. The van der Waals surface area contributed by atoms with Crippen molar-refractivity contribution in [2.75, 3.05) is 18.0 Å². The Hall–Kier alpha value is -1.94. The second kappa shape index (κ2) is 5.93. The minimum absolute atomic E-state index is 0.192. The van der Waals surface area contributed by atoms with Crippen molar-refractivity contribution in [2.45, 2.75) is 29.6 Å². The molecule has 1 saturated heterocycles. The molecule has 2 heterocycles. The first-order valence-electron chi connectivity index (χ1n) is 8.01. The van der Waals surface area contributed by atoms with Gasteiger partial charge < -0.3 is 9.88 Å². The Balaban J connectivity index is 1.76. The SMILES string of the molecule is Cc1cccc(Sc2c[nH]c3ccc(F)cc23)c1N1CCCC1. The summed E-state index contributed by atoms with van der Waals surface area (Å²) in [5.74, 6) is -0.192. The van der Waals surface area contributed by atoms with Crippen LogP contribution in [-0.2, 0) is 0 Å². The number of hydrogen-bond donors (Lipinski definition) is 1. The highest BCUT2D eigenvalue weighted by molar-refractivity contribution is 7.99. The van der Waals surface area contributed by atoms with E-state index in [-0.39, 0.29) is 5.82 Å². The Morgan fingerprint density at radius 1 is 1.09 bits per heavy atom. The van der Waals surface area contributed by atoms with Crippen LogP contribution < -0.4 is 4.90 Å². The maximum absolute atomic E-state index is 13.6. The van der Waals surface area contributed by atoms with E-state index < -0.39 is 0 Å². The quantitative estimate of drug-likeness (QED) is 0.698. The Labute approximate surface area is 139 Å². The molecule has 23 heavy (non-hydrogen) atoms. The summed E-state index contributed by atoms with van der Waals surface area (Å²) in [5.41, 5.74) is 3.62. The molecular formula is C19H19FN2S. The molecule has 4 rings (SSSR count). The number of para-hydroxylation sites is 1. The second-order valence-corrected chi connectivity index (χ2v) is 7.14. The Bertz CT molecular complexity index is 850. The third-order valence-electron chi connectivity index (χ3n) is 4.45. The molecule has 0 aliphatic carbocycles. The van der Waals surface area contributed by atoms with Gasteiger partial charge in [0.05, 0.1) is 5.69 Å². The van der Waals surface area contributed by atoms with Crippen molar-refractivity contribution in [3.05, 3.63) is 54.0 Å². The summed E-state index contributed by atoms with van der Waals surface area (Å²) in [5, 5.41) is 0.948. The lowest BCUT2D eigenvalue weighted by Gasteiger charge is -2.23. The number of nitrogens with one attached hydrogen (secondary N) is 1. The summed E-state index contributed by atoms with van der Waals surface area (Å²) < 4.78 is 13.6. The molecule has 1 aliphatic rings. The molecular weight excluding hydrogens is 307 g/mol. The van der Waals surface area contributed by atoms with Crippen LogP contribution in [0.2, 0.25) is 0 Å². The van der Waals surface area contributed by atoms with E-state index >= 15 is 0 Å². The van der Waals surface area contributed by atoms with E-state index in [4.69, 9.17) is 0 Å². The Morgan fingerprint density at radius 3 is 2.74 bits per heavy atom. The maximum atomic E-state index is 13.6. The summed E-state index contributed by atoms with van der Waals surface area (Å²) in [6.07, 6.45) is 4.50. The molecule has 4 heteroatoms. The number of benzene rings is 2. The molecule has 1 fully saturated rings. The van der Waals surface area contributed by atoms with Gasteiger partial charge in [-0.25, -0.2) is 4.39 Å². The monoisotopic (exact) mass is 326 g/mol. The van der Waals surface area contributed by atoms with Gasteiger partial charge in [-0.1, -0.05) is 23.9 Å². The smallest absolute Gasteiger partial charge is 0.123 e. The predicted molar refractivity (Wildman–Crippen MR) is 95.0 cm³/mol. The normalized spacial score (nSPS) is 14.8. The van der Waals surface area contributed by atoms with Gasteiger partial charge in [0.15, 0.2) is 0 Å². The highest BCUT2D eigenvalue weighted by Gasteiger charge is 2.19. The molecule has 0 bridgehead atoms. The lowest BCUT2D eigenvalue weighted by molar-refractivity contribution is 0.629. The van der Waals surface area contributed by atoms with Gasteiger partial charge in [-0.2, -0.15) is 0 Å². The van der Waals surface area contributed by atoms with Crippen LogP contribution in [0.4, 0.5) is 10.1 Å². The summed E-state index contributed by atoms with van der Waals surface area (Å²) in [4.78, 5) is 8.04. The molecule has 0 saturated carbocycles. The molecule has 0 spiro atoms. The molecule has 0 amide bonds. The number of fused-ring (bicyclic) bond motifs is 1. The molecule has 0 unspecified atom stereocenters. The number of aryl methyl sites for hydroxylation is 1. The number of anilines is 1. The number of hydrogen-bond acceptors (Lipinski definition) is 2. The van der Waals surface area contributed by atoms with Crippen molar-refractivity contribution in [1.29, 1.82) is 0 Å². The van der Waals surface area contributed by atoms with Crippen LogP contribution in [0, 0.1) is 12.7 Å². The van der Waals surface area contributed by atoms with Crippen LogP contribution in [0.3, 0.4) is 0 Å². The van der Waals surface area contributed by atoms with E-state index in [0.717, 1.165) is 28.9 Å². The van der Waals surface area contributed by atoms with Crippen LogP contribution in [0.15, 0.2) is 52.4 Å². The Morgan fingerprint density at radius 2 is 1.91 bits per heavy atom. The number of rotatable bonds is 3. The first-order chi connectivity index (χ1) is 11.2.